The van der Waals surface area contributed by atoms with E-state index in [2.05, 4.69) is 43.9 Å². The SMILES string of the molecule is CCn1c(=Cc2scc[n+]2Cc2ccsc2)sc(=C2Sc3ccc(Cl)cc3N2C)c1=O. The Morgan fingerprint density at radius 2 is 2.10 bits per heavy atom. The van der Waals surface area contributed by atoms with Gasteiger partial charge in [0.25, 0.3) is 10.6 Å². The van der Waals surface area contributed by atoms with E-state index in [9.17, 15) is 4.79 Å². The summed E-state index contributed by atoms with van der Waals surface area (Å²) in [5, 5.41) is 9.17. The number of halogens is 1. The predicted octanol–water partition coefficient (Wildman–Crippen LogP) is 4.18. The topological polar surface area (TPSA) is 29.1 Å². The molecule has 0 fully saturated rings. The Labute approximate surface area is 201 Å². The lowest BCUT2D eigenvalue weighted by Gasteiger charge is -2.12. The van der Waals surface area contributed by atoms with Crippen molar-refractivity contribution < 1.29 is 4.57 Å². The second-order valence-electron chi connectivity index (χ2n) is 7.04. The van der Waals surface area contributed by atoms with Gasteiger partial charge in [-0.1, -0.05) is 34.7 Å². The van der Waals surface area contributed by atoms with Crippen molar-refractivity contribution >= 4 is 74.2 Å². The lowest BCUT2D eigenvalue weighted by Crippen LogP contribution is -2.36. The van der Waals surface area contributed by atoms with Crippen LogP contribution < -0.4 is 24.2 Å². The van der Waals surface area contributed by atoms with Crippen LogP contribution in [0.2, 0.25) is 5.02 Å². The van der Waals surface area contributed by atoms with Gasteiger partial charge >= 0.3 is 0 Å². The number of thioether (sulfide) groups is 1. The van der Waals surface area contributed by atoms with Crippen LogP contribution in [-0.4, -0.2) is 11.6 Å². The molecule has 1 aliphatic heterocycles. The molecule has 0 radical (unpaired) electrons. The highest BCUT2D eigenvalue weighted by molar-refractivity contribution is 8.08. The van der Waals surface area contributed by atoms with Crippen LogP contribution in [0.3, 0.4) is 0 Å². The Kier molecular flexibility index (Phi) is 5.83. The molecule has 0 atom stereocenters. The Morgan fingerprint density at radius 3 is 2.87 bits per heavy atom. The average molecular weight is 505 g/mol. The Balaban J connectivity index is 1.63. The van der Waals surface area contributed by atoms with Gasteiger partial charge in [0.2, 0.25) is 0 Å². The van der Waals surface area contributed by atoms with Crippen molar-refractivity contribution in [1.29, 1.82) is 0 Å². The Hall–Kier alpha value is -1.84. The van der Waals surface area contributed by atoms with Crippen molar-refractivity contribution in [2.45, 2.75) is 24.9 Å². The highest BCUT2D eigenvalue weighted by atomic mass is 35.5. The summed E-state index contributed by atoms with van der Waals surface area (Å²) in [5.74, 6) is 0. The van der Waals surface area contributed by atoms with Crippen LogP contribution in [0, 0.1) is 0 Å². The van der Waals surface area contributed by atoms with Crippen LogP contribution in [0.5, 0.6) is 0 Å². The molecular formula is C22H19ClN3OS4+. The number of fused-ring (bicyclic) bond motifs is 1. The number of rotatable bonds is 4. The molecule has 0 aliphatic carbocycles. The molecule has 1 aliphatic rings. The third-order valence-corrected chi connectivity index (χ3v) is 9.41. The normalized spacial score (nSPS) is 15.7. The summed E-state index contributed by atoms with van der Waals surface area (Å²) in [6, 6.07) is 8.02. The number of aromatic nitrogens is 2. The Bertz CT molecular complexity index is 1430. The molecule has 9 heteroatoms. The summed E-state index contributed by atoms with van der Waals surface area (Å²) in [6.45, 7) is 3.49. The summed E-state index contributed by atoms with van der Waals surface area (Å²) in [4.78, 5) is 16.5. The maximum absolute atomic E-state index is 13.3. The van der Waals surface area contributed by atoms with Crippen LogP contribution >= 0.6 is 57.4 Å². The fourth-order valence-electron chi connectivity index (χ4n) is 3.53. The van der Waals surface area contributed by atoms with Gasteiger partial charge < -0.3 is 4.90 Å². The summed E-state index contributed by atoms with van der Waals surface area (Å²) in [7, 11) is 2.00. The molecule has 0 spiro atoms. The van der Waals surface area contributed by atoms with E-state index < -0.39 is 0 Å². The summed E-state index contributed by atoms with van der Waals surface area (Å²) >= 11 is 12.8. The van der Waals surface area contributed by atoms with Crippen LogP contribution in [0.15, 0.2) is 56.3 Å². The zero-order valence-corrected chi connectivity index (χ0v) is 20.9. The zero-order chi connectivity index (χ0) is 21.5. The number of thiazole rings is 2. The van der Waals surface area contributed by atoms with Crippen molar-refractivity contribution in [3.8, 4) is 0 Å². The minimum absolute atomic E-state index is 0.0629. The number of hydrogen-bond donors (Lipinski definition) is 0. The summed E-state index contributed by atoms with van der Waals surface area (Å²) in [5.41, 5.74) is 2.40. The Morgan fingerprint density at radius 1 is 1.23 bits per heavy atom. The molecule has 158 valence electrons. The van der Waals surface area contributed by atoms with Gasteiger partial charge in [0, 0.05) is 34.5 Å². The van der Waals surface area contributed by atoms with Gasteiger partial charge in [-0.2, -0.15) is 15.9 Å². The van der Waals surface area contributed by atoms with Gasteiger partial charge in [0.15, 0.2) is 12.7 Å². The molecule has 4 aromatic rings. The quantitative estimate of drug-likeness (QED) is 0.390. The molecule has 5 rings (SSSR count). The molecule has 31 heavy (non-hydrogen) atoms. The van der Waals surface area contributed by atoms with Gasteiger partial charge in [0.05, 0.1) is 17.1 Å². The molecular weight excluding hydrogens is 486 g/mol. The van der Waals surface area contributed by atoms with Gasteiger partial charge in [-0.25, -0.2) is 0 Å². The first kappa shape index (κ1) is 21.0. The number of nitrogens with zero attached hydrogens (tertiary/aromatic N) is 3. The van der Waals surface area contributed by atoms with Crippen molar-refractivity contribution in [2.24, 2.45) is 0 Å². The van der Waals surface area contributed by atoms with Crippen LogP contribution in [0.1, 0.15) is 17.5 Å². The fourth-order valence-corrected chi connectivity index (χ4v) is 7.66. The second kappa shape index (κ2) is 8.60. The van der Waals surface area contributed by atoms with E-state index in [1.807, 2.05) is 36.7 Å². The third kappa shape index (κ3) is 3.91. The van der Waals surface area contributed by atoms with Crippen molar-refractivity contribution in [3.63, 3.8) is 0 Å². The molecule has 0 bridgehead atoms. The van der Waals surface area contributed by atoms with Gasteiger partial charge in [-0.3, -0.25) is 9.36 Å². The van der Waals surface area contributed by atoms with E-state index in [-0.39, 0.29) is 5.56 Å². The van der Waals surface area contributed by atoms with Crippen LogP contribution in [-0.2, 0) is 13.1 Å². The molecule has 0 unspecified atom stereocenters. The minimum atomic E-state index is 0.0629. The zero-order valence-electron chi connectivity index (χ0n) is 16.9. The van der Waals surface area contributed by atoms with Crippen molar-refractivity contribution in [2.75, 3.05) is 11.9 Å². The van der Waals surface area contributed by atoms with Gasteiger partial charge in [-0.15, -0.1) is 11.3 Å². The van der Waals surface area contributed by atoms with Crippen molar-refractivity contribution in [3.05, 3.63) is 81.7 Å². The maximum atomic E-state index is 13.3. The maximum Gasteiger partial charge on any atom is 0.271 e. The van der Waals surface area contributed by atoms with Gasteiger partial charge in [-0.05, 0) is 36.6 Å². The van der Waals surface area contributed by atoms with Crippen LogP contribution in [0.25, 0.3) is 11.1 Å². The molecule has 0 saturated carbocycles. The van der Waals surface area contributed by atoms with E-state index in [1.165, 1.54) is 5.56 Å². The van der Waals surface area contributed by atoms with Crippen molar-refractivity contribution in [1.82, 2.24) is 4.57 Å². The third-order valence-electron chi connectivity index (χ3n) is 5.11. The second-order valence-corrected chi connectivity index (χ2v) is 11.2. The first-order chi connectivity index (χ1) is 15.0. The molecule has 4 nitrogen and oxygen atoms in total. The number of thiophene rings is 1. The average Bonchev–Trinajstić information content (AvgIpc) is 3.53. The summed E-state index contributed by atoms with van der Waals surface area (Å²) < 4.78 is 5.85. The monoisotopic (exact) mass is 504 g/mol. The van der Waals surface area contributed by atoms with E-state index in [1.54, 1.807) is 45.8 Å². The number of benzene rings is 1. The first-order valence-electron chi connectivity index (χ1n) is 9.70. The lowest BCUT2D eigenvalue weighted by atomic mass is 10.3. The molecule has 1 aromatic carbocycles. The predicted molar refractivity (Wildman–Crippen MR) is 134 cm³/mol. The minimum Gasteiger partial charge on any atom is -0.337 e. The van der Waals surface area contributed by atoms with Gasteiger partial charge in [0.1, 0.15) is 14.2 Å². The highest BCUT2D eigenvalue weighted by Gasteiger charge is 2.25. The lowest BCUT2D eigenvalue weighted by molar-refractivity contribution is -0.685. The van der Waals surface area contributed by atoms with Crippen LogP contribution in [0.4, 0.5) is 5.69 Å². The molecule has 0 amide bonds. The number of hydrogen-bond acceptors (Lipinski definition) is 6. The summed E-state index contributed by atoms with van der Waals surface area (Å²) in [6.07, 6.45) is 4.24. The smallest absolute Gasteiger partial charge is 0.271 e. The first-order valence-corrected chi connectivity index (χ1v) is 13.5. The molecule has 0 saturated heterocycles. The van der Waals surface area contributed by atoms with E-state index >= 15 is 0 Å². The molecule has 0 N–H and O–H groups in total. The number of anilines is 1. The molecule has 4 heterocycles. The molecule has 3 aromatic heterocycles. The standard InChI is InChI=1S/C22H19ClN3OS4/c1-3-26-19(11-18-25(7-9-29-18)12-14-6-8-28-13-14)31-20(21(26)27)22-24(2)16-10-15(23)4-5-17(16)30-22/h4-11,13H,3,12H2,1-2H3/q+1. The largest absolute Gasteiger partial charge is 0.337 e. The fraction of sp³-hybridized carbons (Fsp3) is 0.182. The van der Waals surface area contributed by atoms with E-state index in [0.717, 1.165) is 36.4 Å². The van der Waals surface area contributed by atoms with E-state index in [0.29, 0.717) is 11.6 Å². The highest BCUT2D eigenvalue weighted by Crippen LogP contribution is 2.46. The van der Waals surface area contributed by atoms with E-state index in [4.69, 9.17) is 11.6 Å².